The molecule has 4 nitrogen and oxygen atoms in total. The molecular weight excluding hydrogens is 252 g/mol. The molecule has 2 aromatic carbocycles. The number of ether oxygens (including phenoxy) is 1. The minimum Gasteiger partial charge on any atom is -0.382 e. The Labute approximate surface area is 118 Å². The number of benzene rings is 2. The first-order valence-corrected chi connectivity index (χ1v) is 6.36. The number of para-hydroxylation sites is 1. The maximum absolute atomic E-state index is 12.5. The van der Waals surface area contributed by atoms with Crippen LogP contribution in [0.5, 0.6) is 0 Å². The number of amides is 1. The van der Waals surface area contributed by atoms with Gasteiger partial charge in [0.25, 0.3) is 5.91 Å². The van der Waals surface area contributed by atoms with Crippen LogP contribution in [-0.2, 0) is 15.1 Å². The van der Waals surface area contributed by atoms with Crippen LogP contribution >= 0.6 is 0 Å². The van der Waals surface area contributed by atoms with Gasteiger partial charge in [-0.3, -0.25) is 4.79 Å². The zero-order valence-electron chi connectivity index (χ0n) is 11.4. The molecule has 0 aliphatic heterocycles. The topological polar surface area (TPSA) is 64.3 Å². The lowest BCUT2D eigenvalue weighted by Gasteiger charge is -2.28. The van der Waals surface area contributed by atoms with Gasteiger partial charge in [-0.25, -0.2) is 0 Å². The second-order valence-corrected chi connectivity index (χ2v) is 4.59. The first-order valence-electron chi connectivity index (χ1n) is 6.36. The van der Waals surface area contributed by atoms with Gasteiger partial charge in [0.1, 0.15) is 5.54 Å². The first kappa shape index (κ1) is 14.2. The molecule has 1 amide bonds. The summed E-state index contributed by atoms with van der Waals surface area (Å²) in [6, 6.07) is 18.5. The Balaban J connectivity index is 2.26. The molecule has 0 aliphatic carbocycles. The Hall–Kier alpha value is -2.17. The molecule has 0 fully saturated rings. The Morgan fingerprint density at radius 3 is 2.20 bits per heavy atom. The highest BCUT2D eigenvalue weighted by Gasteiger charge is 2.36. The van der Waals surface area contributed by atoms with Crippen LogP contribution in [0.4, 0.5) is 5.69 Å². The van der Waals surface area contributed by atoms with Gasteiger partial charge >= 0.3 is 0 Å². The lowest BCUT2D eigenvalue weighted by molar-refractivity contribution is -0.123. The van der Waals surface area contributed by atoms with E-state index in [2.05, 4.69) is 5.32 Å². The number of rotatable bonds is 5. The number of carbonyl (C=O) groups excluding carboxylic acids is 1. The van der Waals surface area contributed by atoms with Gasteiger partial charge in [-0.05, 0) is 17.7 Å². The van der Waals surface area contributed by atoms with E-state index < -0.39 is 5.54 Å². The van der Waals surface area contributed by atoms with E-state index in [0.717, 1.165) is 5.56 Å². The third kappa shape index (κ3) is 3.04. The Morgan fingerprint density at radius 2 is 1.65 bits per heavy atom. The molecule has 0 aliphatic rings. The highest BCUT2D eigenvalue weighted by atomic mass is 16.5. The van der Waals surface area contributed by atoms with E-state index >= 15 is 0 Å². The van der Waals surface area contributed by atoms with Crippen molar-refractivity contribution in [2.24, 2.45) is 5.73 Å². The van der Waals surface area contributed by atoms with E-state index in [0.29, 0.717) is 5.69 Å². The van der Waals surface area contributed by atoms with Crippen molar-refractivity contribution in [3.05, 3.63) is 66.2 Å². The molecule has 0 heterocycles. The van der Waals surface area contributed by atoms with Gasteiger partial charge in [0.2, 0.25) is 0 Å². The number of hydrogen-bond acceptors (Lipinski definition) is 3. The molecule has 0 spiro atoms. The molecule has 2 rings (SSSR count). The first-order chi connectivity index (χ1) is 9.66. The van der Waals surface area contributed by atoms with Crippen molar-refractivity contribution < 1.29 is 9.53 Å². The predicted molar refractivity (Wildman–Crippen MR) is 79.3 cm³/mol. The van der Waals surface area contributed by atoms with Crippen molar-refractivity contribution in [1.82, 2.24) is 0 Å². The summed E-state index contributed by atoms with van der Waals surface area (Å²) in [7, 11) is 1.53. The van der Waals surface area contributed by atoms with E-state index in [-0.39, 0.29) is 12.5 Å². The lowest BCUT2D eigenvalue weighted by atomic mass is 9.90. The van der Waals surface area contributed by atoms with Crippen LogP contribution in [0.2, 0.25) is 0 Å². The zero-order chi connectivity index (χ0) is 14.4. The van der Waals surface area contributed by atoms with Gasteiger partial charge in [-0.2, -0.15) is 0 Å². The molecule has 0 aromatic heterocycles. The number of methoxy groups -OCH3 is 1. The normalized spacial score (nSPS) is 13.5. The van der Waals surface area contributed by atoms with Crippen LogP contribution < -0.4 is 11.1 Å². The van der Waals surface area contributed by atoms with Crippen molar-refractivity contribution in [1.29, 1.82) is 0 Å². The second kappa shape index (κ2) is 6.32. The van der Waals surface area contributed by atoms with Crippen molar-refractivity contribution in [3.63, 3.8) is 0 Å². The number of nitrogens with two attached hydrogens (primary N) is 1. The molecule has 0 radical (unpaired) electrons. The second-order valence-electron chi connectivity index (χ2n) is 4.59. The molecule has 1 atom stereocenters. The van der Waals surface area contributed by atoms with Gasteiger partial charge in [-0.15, -0.1) is 0 Å². The fraction of sp³-hybridized carbons (Fsp3) is 0.188. The molecule has 3 N–H and O–H groups in total. The average molecular weight is 270 g/mol. The van der Waals surface area contributed by atoms with Crippen molar-refractivity contribution in [3.8, 4) is 0 Å². The maximum Gasteiger partial charge on any atom is 0.251 e. The lowest BCUT2D eigenvalue weighted by Crippen LogP contribution is -2.51. The Morgan fingerprint density at radius 1 is 1.10 bits per heavy atom. The molecule has 4 heteroatoms. The number of nitrogens with one attached hydrogen (secondary N) is 1. The molecule has 2 aromatic rings. The van der Waals surface area contributed by atoms with Crippen molar-refractivity contribution in [2.45, 2.75) is 5.54 Å². The van der Waals surface area contributed by atoms with E-state index in [1.54, 1.807) is 0 Å². The minimum atomic E-state index is -1.22. The van der Waals surface area contributed by atoms with Gasteiger partial charge in [-0.1, -0.05) is 48.5 Å². The summed E-state index contributed by atoms with van der Waals surface area (Å²) in [4.78, 5) is 12.5. The predicted octanol–water partition coefficient (Wildman–Crippen LogP) is 2.13. The minimum absolute atomic E-state index is 0.107. The standard InChI is InChI=1S/C16H18N2O2/c1-20-12-16(17,13-8-4-2-5-9-13)15(19)18-14-10-6-3-7-11-14/h2-11H,12,17H2,1H3,(H,18,19)/t16-/m1/s1. The van der Waals surface area contributed by atoms with Crippen LogP contribution in [-0.4, -0.2) is 19.6 Å². The van der Waals surface area contributed by atoms with E-state index in [1.165, 1.54) is 7.11 Å². The van der Waals surface area contributed by atoms with Crippen LogP contribution in [0.25, 0.3) is 0 Å². The Bertz CT molecular complexity index is 557. The quantitative estimate of drug-likeness (QED) is 0.874. The summed E-state index contributed by atoms with van der Waals surface area (Å²) in [5.74, 6) is -0.295. The van der Waals surface area contributed by atoms with Gasteiger partial charge in [0.05, 0.1) is 6.61 Å². The average Bonchev–Trinajstić information content (AvgIpc) is 2.49. The molecule has 0 saturated carbocycles. The smallest absolute Gasteiger partial charge is 0.251 e. The van der Waals surface area contributed by atoms with Gasteiger partial charge in [0, 0.05) is 12.8 Å². The highest BCUT2D eigenvalue weighted by molar-refractivity contribution is 5.98. The molecular formula is C16H18N2O2. The molecule has 0 saturated heterocycles. The van der Waals surface area contributed by atoms with Crippen LogP contribution in [0.15, 0.2) is 60.7 Å². The fourth-order valence-corrected chi connectivity index (χ4v) is 2.01. The monoisotopic (exact) mass is 270 g/mol. The molecule has 104 valence electrons. The van der Waals surface area contributed by atoms with Crippen molar-refractivity contribution >= 4 is 11.6 Å². The van der Waals surface area contributed by atoms with Crippen LogP contribution in [0.1, 0.15) is 5.56 Å². The molecule has 0 unspecified atom stereocenters. The summed E-state index contributed by atoms with van der Waals surface area (Å²) in [6.07, 6.45) is 0. The number of anilines is 1. The SMILES string of the molecule is COC[C@](N)(C(=O)Nc1ccccc1)c1ccccc1. The third-order valence-corrected chi connectivity index (χ3v) is 3.10. The van der Waals surface area contributed by atoms with Crippen LogP contribution in [0, 0.1) is 0 Å². The summed E-state index contributed by atoms with van der Waals surface area (Å²) in [6.45, 7) is 0.107. The largest absolute Gasteiger partial charge is 0.382 e. The van der Waals surface area contributed by atoms with Crippen LogP contribution in [0.3, 0.4) is 0 Å². The molecule has 20 heavy (non-hydrogen) atoms. The summed E-state index contributed by atoms with van der Waals surface area (Å²) in [5, 5.41) is 2.82. The number of hydrogen-bond donors (Lipinski definition) is 2. The van der Waals surface area contributed by atoms with E-state index in [1.807, 2.05) is 60.7 Å². The zero-order valence-corrected chi connectivity index (χ0v) is 11.4. The molecule has 0 bridgehead atoms. The van der Waals surface area contributed by atoms with E-state index in [4.69, 9.17) is 10.5 Å². The Kier molecular flexibility index (Phi) is 4.50. The number of carbonyl (C=O) groups is 1. The third-order valence-electron chi connectivity index (χ3n) is 3.10. The van der Waals surface area contributed by atoms with E-state index in [9.17, 15) is 4.79 Å². The summed E-state index contributed by atoms with van der Waals surface area (Å²) >= 11 is 0. The summed E-state index contributed by atoms with van der Waals surface area (Å²) in [5.41, 5.74) is 6.49. The van der Waals surface area contributed by atoms with Crippen molar-refractivity contribution in [2.75, 3.05) is 19.0 Å². The fourth-order valence-electron chi connectivity index (χ4n) is 2.01. The highest BCUT2D eigenvalue weighted by Crippen LogP contribution is 2.21. The van der Waals surface area contributed by atoms with Gasteiger partial charge in [0.15, 0.2) is 0 Å². The maximum atomic E-state index is 12.5. The summed E-state index contributed by atoms with van der Waals surface area (Å²) < 4.78 is 5.13. The van der Waals surface area contributed by atoms with Gasteiger partial charge < -0.3 is 15.8 Å².